The molecule has 1 aromatic heterocycles. The van der Waals surface area contributed by atoms with E-state index >= 15 is 0 Å². The summed E-state index contributed by atoms with van der Waals surface area (Å²) >= 11 is 0. The maximum Gasteiger partial charge on any atom is 0.324 e. The lowest BCUT2D eigenvalue weighted by molar-refractivity contribution is -0.139. The van der Waals surface area contributed by atoms with Crippen molar-refractivity contribution in [1.29, 1.82) is 0 Å². The van der Waals surface area contributed by atoms with Gasteiger partial charge in [-0.3, -0.25) is 4.79 Å². The van der Waals surface area contributed by atoms with Crippen molar-refractivity contribution in [2.75, 3.05) is 0 Å². The molecule has 7 nitrogen and oxygen atoms in total. The van der Waals surface area contributed by atoms with Crippen molar-refractivity contribution in [3.8, 4) is 16.8 Å². The Morgan fingerprint density at radius 1 is 1.00 bits per heavy atom. The van der Waals surface area contributed by atoms with E-state index in [1.54, 1.807) is 12.5 Å². The van der Waals surface area contributed by atoms with Crippen LogP contribution in [0.15, 0.2) is 67.3 Å². The normalized spacial score (nSPS) is 19.8. The molecule has 126 valence electrons. The van der Waals surface area contributed by atoms with Crippen LogP contribution >= 0.6 is 0 Å². The first-order valence-electron chi connectivity index (χ1n) is 7.90. The molecule has 0 saturated carbocycles. The van der Waals surface area contributed by atoms with Crippen molar-refractivity contribution in [1.82, 2.24) is 25.9 Å². The zero-order valence-electron chi connectivity index (χ0n) is 13.3. The van der Waals surface area contributed by atoms with Gasteiger partial charge in [-0.25, -0.2) is 15.8 Å². The first kappa shape index (κ1) is 15.5. The summed E-state index contributed by atoms with van der Waals surface area (Å²) < 4.78 is 1.95. The van der Waals surface area contributed by atoms with Gasteiger partial charge in [-0.2, -0.15) is 5.53 Å². The molecule has 0 amide bonds. The highest BCUT2D eigenvalue weighted by atomic mass is 16.4. The summed E-state index contributed by atoms with van der Waals surface area (Å²) in [6.45, 7) is 0. The van der Waals surface area contributed by atoms with E-state index in [-0.39, 0.29) is 6.04 Å². The minimum Gasteiger partial charge on any atom is -0.480 e. The van der Waals surface area contributed by atoms with E-state index in [4.69, 9.17) is 0 Å². The van der Waals surface area contributed by atoms with Crippen molar-refractivity contribution in [3.63, 3.8) is 0 Å². The summed E-state index contributed by atoms with van der Waals surface area (Å²) in [7, 11) is 0. The first-order valence-corrected chi connectivity index (χ1v) is 7.90. The molecule has 2 unspecified atom stereocenters. The molecule has 1 fully saturated rings. The maximum absolute atomic E-state index is 11.3. The van der Waals surface area contributed by atoms with E-state index in [0.717, 1.165) is 22.4 Å². The summed E-state index contributed by atoms with van der Waals surface area (Å²) in [5, 5.41) is 9.23. The molecular weight excluding hydrogens is 318 g/mol. The van der Waals surface area contributed by atoms with Gasteiger partial charge in [0, 0.05) is 18.1 Å². The third-order valence-electron chi connectivity index (χ3n) is 4.33. The van der Waals surface area contributed by atoms with Crippen LogP contribution in [0.5, 0.6) is 0 Å². The van der Waals surface area contributed by atoms with Crippen molar-refractivity contribution in [2.24, 2.45) is 0 Å². The lowest BCUT2D eigenvalue weighted by Crippen LogP contribution is -2.38. The summed E-state index contributed by atoms with van der Waals surface area (Å²) in [5.74, 6) is -0.901. The monoisotopic (exact) mass is 335 g/mol. The van der Waals surface area contributed by atoms with Gasteiger partial charge in [-0.1, -0.05) is 36.4 Å². The van der Waals surface area contributed by atoms with Crippen LogP contribution in [0.3, 0.4) is 0 Å². The Morgan fingerprint density at radius 3 is 2.28 bits per heavy atom. The number of imidazole rings is 1. The fourth-order valence-corrected chi connectivity index (χ4v) is 2.96. The highest BCUT2D eigenvalue weighted by Gasteiger charge is 2.33. The van der Waals surface area contributed by atoms with E-state index in [1.165, 1.54) is 0 Å². The van der Waals surface area contributed by atoms with E-state index in [2.05, 4.69) is 33.5 Å². The molecule has 4 N–H and O–H groups in total. The van der Waals surface area contributed by atoms with Gasteiger partial charge in [0.25, 0.3) is 0 Å². The number of hydrogen-bond donors (Lipinski definition) is 4. The number of aliphatic carboxylic acids is 1. The van der Waals surface area contributed by atoms with Crippen molar-refractivity contribution >= 4 is 5.97 Å². The molecule has 0 spiro atoms. The maximum atomic E-state index is 11.3. The number of hydrazine groups is 2. The molecule has 7 heteroatoms. The van der Waals surface area contributed by atoms with Crippen molar-refractivity contribution < 1.29 is 9.90 Å². The second-order valence-electron chi connectivity index (χ2n) is 5.85. The van der Waals surface area contributed by atoms with Gasteiger partial charge in [0.1, 0.15) is 6.04 Å². The summed E-state index contributed by atoms with van der Waals surface area (Å²) in [6.07, 6.45) is 5.41. The third-order valence-corrected chi connectivity index (χ3v) is 4.33. The Hall–Kier alpha value is -3.00. The molecule has 1 aliphatic heterocycles. The van der Waals surface area contributed by atoms with Crippen LogP contribution in [-0.4, -0.2) is 26.7 Å². The van der Waals surface area contributed by atoms with Crippen LogP contribution < -0.4 is 16.4 Å². The van der Waals surface area contributed by atoms with E-state index in [0.29, 0.717) is 0 Å². The third kappa shape index (κ3) is 3.03. The zero-order valence-corrected chi connectivity index (χ0v) is 13.3. The number of nitrogens with zero attached hydrogens (tertiary/aromatic N) is 2. The van der Waals surface area contributed by atoms with Gasteiger partial charge in [0.2, 0.25) is 0 Å². The highest BCUT2D eigenvalue weighted by molar-refractivity contribution is 5.75. The number of carbonyl (C=O) groups is 1. The van der Waals surface area contributed by atoms with Crippen LogP contribution in [0, 0.1) is 0 Å². The number of carboxylic acids is 1. The van der Waals surface area contributed by atoms with E-state index in [1.807, 2.05) is 47.2 Å². The topological polar surface area (TPSA) is 91.2 Å². The minimum atomic E-state index is -0.901. The number of carboxylic acid groups (broad SMARTS) is 1. The van der Waals surface area contributed by atoms with Gasteiger partial charge in [-0.15, -0.1) is 0 Å². The Bertz CT molecular complexity index is 859. The lowest BCUT2D eigenvalue weighted by atomic mass is 9.97. The molecule has 0 aliphatic carbocycles. The van der Waals surface area contributed by atoms with E-state index in [9.17, 15) is 9.90 Å². The molecule has 2 heterocycles. The predicted molar refractivity (Wildman–Crippen MR) is 92.6 cm³/mol. The fraction of sp³-hybridized carbons (Fsp3) is 0.111. The van der Waals surface area contributed by atoms with Gasteiger partial charge in [0.05, 0.1) is 12.4 Å². The van der Waals surface area contributed by atoms with Crippen molar-refractivity contribution in [3.05, 3.63) is 72.8 Å². The minimum absolute atomic E-state index is 0.324. The number of aromatic nitrogens is 2. The molecule has 1 saturated heterocycles. The largest absolute Gasteiger partial charge is 0.480 e. The molecule has 25 heavy (non-hydrogen) atoms. The van der Waals surface area contributed by atoms with Crippen LogP contribution in [0.25, 0.3) is 16.8 Å². The smallest absolute Gasteiger partial charge is 0.324 e. The predicted octanol–water partition coefficient (Wildman–Crippen LogP) is 1.65. The second kappa shape index (κ2) is 6.48. The first-order chi connectivity index (χ1) is 12.2. The summed E-state index contributed by atoms with van der Waals surface area (Å²) in [4.78, 5) is 15.3. The second-order valence-corrected chi connectivity index (χ2v) is 5.85. The SMILES string of the molecule is O=C(O)C1NNNC1c1ccc(-c2ccc(-n3ccnc3)cc2)cc1. The molecule has 0 bridgehead atoms. The number of nitrogens with one attached hydrogen (secondary N) is 3. The summed E-state index contributed by atoms with van der Waals surface area (Å²) in [6, 6.07) is 15.1. The quantitative estimate of drug-likeness (QED) is 0.579. The average molecular weight is 335 g/mol. The molecule has 4 rings (SSSR count). The van der Waals surface area contributed by atoms with Gasteiger partial charge in [-0.05, 0) is 28.8 Å². The van der Waals surface area contributed by atoms with Crippen LogP contribution in [0.2, 0.25) is 0 Å². The number of rotatable bonds is 4. The zero-order chi connectivity index (χ0) is 17.2. The Kier molecular flexibility index (Phi) is 4.02. The molecular formula is C18H17N5O2. The van der Waals surface area contributed by atoms with Gasteiger partial charge >= 0.3 is 5.97 Å². The Labute approximate surface area is 144 Å². The Balaban J connectivity index is 1.55. The van der Waals surface area contributed by atoms with Crippen LogP contribution in [0.4, 0.5) is 0 Å². The molecule has 3 aromatic rings. The number of hydrogen-bond acceptors (Lipinski definition) is 5. The van der Waals surface area contributed by atoms with E-state index < -0.39 is 12.0 Å². The fourth-order valence-electron chi connectivity index (χ4n) is 2.96. The molecule has 2 atom stereocenters. The Morgan fingerprint density at radius 2 is 1.68 bits per heavy atom. The van der Waals surface area contributed by atoms with Crippen LogP contribution in [0.1, 0.15) is 11.6 Å². The lowest BCUT2D eigenvalue weighted by Gasteiger charge is -2.15. The molecule has 1 aliphatic rings. The van der Waals surface area contributed by atoms with Gasteiger partial charge in [0.15, 0.2) is 0 Å². The standard InChI is InChI=1S/C18H17N5O2/c24-18(25)17-16(20-22-21-17)14-3-1-12(2-4-14)13-5-7-15(8-6-13)23-10-9-19-11-23/h1-11,16-17,20-22H,(H,24,25). The summed E-state index contributed by atoms with van der Waals surface area (Å²) in [5.41, 5.74) is 12.4. The molecule has 2 aromatic carbocycles. The number of benzene rings is 2. The molecule has 0 radical (unpaired) electrons. The van der Waals surface area contributed by atoms with Crippen LogP contribution in [-0.2, 0) is 4.79 Å². The van der Waals surface area contributed by atoms with Crippen molar-refractivity contribution in [2.45, 2.75) is 12.1 Å². The van der Waals surface area contributed by atoms with Gasteiger partial charge < -0.3 is 9.67 Å². The highest BCUT2D eigenvalue weighted by Crippen LogP contribution is 2.25. The average Bonchev–Trinajstić information content (AvgIpc) is 3.34.